The highest BCUT2D eigenvalue weighted by atomic mass is 16.6. The van der Waals surface area contributed by atoms with Crippen LogP contribution < -0.4 is 0 Å². The smallest absolute Gasteiger partial charge is 0.312 e. The number of nitro groups is 1. The van der Waals surface area contributed by atoms with Crippen LogP contribution in [-0.2, 0) is 4.79 Å². The van der Waals surface area contributed by atoms with Gasteiger partial charge in [-0.15, -0.1) is 0 Å². The van der Waals surface area contributed by atoms with Gasteiger partial charge in [-0.25, -0.2) is 0 Å². The first-order chi connectivity index (χ1) is 8.99. The first kappa shape index (κ1) is 14.8. The van der Waals surface area contributed by atoms with Gasteiger partial charge >= 0.3 is 5.97 Å². The van der Waals surface area contributed by atoms with E-state index in [1.165, 1.54) is 24.3 Å². The summed E-state index contributed by atoms with van der Waals surface area (Å²) >= 11 is 0. The summed E-state index contributed by atoms with van der Waals surface area (Å²) in [6.07, 6.45) is 0.997. The van der Waals surface area contributed by atoms with Crippen molar-refractivity contribution in [3.8, 4) is 0 Å². The maximum Gasteiger partial charge on any atom is 0.312 e. The second-order valence-electron chi connectivity index (χ2n) is 4.03. The molecule has 0 heterocycles. The molecule has 0 bridgehead atoms. The highest BCUT2D eigenvalue weighted by molar-refractivity contribution is 6.02. The summed E-state index contributed by atoms with van der Waals surface area (Å²) in [5.74, 6) is -1.51. The number of non-ortho nitro benzene ring substituents is 1. The minimum absolute atomic E-state index is 0.0118. The molecule has 6 nitrogen and oxygen atoms in total. The maximum absolute atomic E-state index is 11.1. The van der Waals surface area contributed by atoms with E-state index in [9.17, 15) is 14.9 Å². The van der Waals surface area contributed by atoms with Gasteiger partial charge in [-0.2, -0.15) is 0 Å². The van der Waals surface area contributed by atoms with Crippen LogP contribution in [0.15, 0.2) is 29.3 Å². The van der Waals surface area contributed by atoms with Gasteiger partial charge in [0.2, 0.25) is 0 Å². The van der Waals surface area contributed by atoms with E-state index in [2.05, 4.69) is 4.99 Å². The summed E-state index contributed by atoms with van der Waals surface area (Å²) < 4.78 is 0. The molecule has 0 saturated carbocycles. The topological polar surface area (TPSA) is 92.8 Å². The monoisotopic (exact) mass is 264 g/mol. The lowest BCUT2D eigenvalue weighted by Gasteiger charge is -2.11. The number of benzene rings is 1. The van der Waals surface area contributed by atoms with Crippen LogP contribution in [0, 0.1) is 16.0 Å². The van der Waals surface area contributed by atoms with Crippen molar-refractivity contribution >= 4 is 23.1 Å². The Hall–Kier alpha value is -2.24. The molecule has 102 valence electrons. The SMILES string of the molecule is CCC(=Nc1ccc([N+](=O)[O-])cc1)C(CC)C(=O)O. The summed E-state index contributed by atoms with van der Waals surface area (Å²) in [6, 6.07) is 5.74. The van der Waals surface area contributed by atoms with E-state index in [4.69, 9.17) is 5.11 Å². The number of carboxylic acid groups (broad SMARTS) is 1. The highest BCUT2D eigenvalue weighted by Gasteiger charge is 2.20. The van der Waals surface area contributed by atoms with Crippen molar-refractivity contribution < 1.29 is 14.8 Å². The maximum atomic E-state index is 11.1. The molecule has 0 aromatic heterocycles. The molecular weight excluding hydrogens is 248 g/mol. The Bertz CT molecular complexity index is 494. The van der Waals surface area contributed by atoms with Gasteiger partial charge in [-0.05, 0) is 25.0 Å². The average molecular weight is 264 g/mol. The Morgan fingerprint density at radius 3 is 2.32 bits per heavy atom. The summed E-state index contributed by atoms with van der Waals surface area (Å²) in [5, 5.41) is 19.6. The van der Waals surface area contributed by atoms with E-state index in [0.29, 0.717) is 24.2 Å². The third kappa shape index (κ3) is 3.87. The molecule has 0 amide bonds. The summed E-state index contributed by atoms with van der Waals surface area (Å²) in [5.41, 5.74) is 1.09. The zero-order chi connectivity index (χ0) is 14.4. The third-order valence-corrected chi connectivity index (χ3v) is 2.80. The molecule has 0 aliphatic heterocycles. The van der Waals surface area contributed by atoms with Crippen LogP contribution in [-0.4, -0.2) is 21.7 Å². The van der Waals surface area contributed by atoms with E-state index in [0.717, 1.165) is 0 Å². The molecule has 19 heavy (non-hydrogen) atoms. The Balaban J connectivity index is 3.03. The van der Waals surface area contributed by atoms with E-state index >= 15 is 0 Å². The molecule has 1 atom stereocenters. The molecule has 1 rings (SSSR count). The molecule has 1 aromatic rings. The second kappa shape index (κ2) is 6.63. The van der Waals surface area contributed by atoms with Gasteiger partial charge in [-0.3, -0.25) is 19.9 Å². The van der Waals surface area contributed by atoms with Crippen LogP contribution >= 0.6 is 0 Å². The van der Waals surface area contributed by atoms with Crippen molar-refractivity contribution in [1.82, 2.24) is 0 Å². The van der Waals surface area contributed by atoms with Crippen molar-refractivity contribution in [3.05, 3.63) is 34.4 Å². The normalized spacial score (nSPS) is 13.1. The molecule has 0 radical (unpaired) electrons. The molecule has 1 N–H and O–H groups in total. The number of carboxylic acids is 1. The quantitative estimate of drug-likeness (QED) is 0.485. The molecule has 0 saturated heterocycles. The van der Waals surface area contributed by atoms with E-state index in [-0.39, 0.29) is 5.69 Å². The van der Waals surface area contributed by atoms with Gasteiger partial charge in [0.1, 0.15) is 0 Å². The van der Waals surface area contributed by atoms with Crippen LogP contribution in [0.4, 0.5) is 11.4 Å². The first-order valence-electron chi connectivity index (χ1n) is 6.04. The number of hydrogen-bond acceptors (Lipinski definition) is 4. The standard InChI is InChI=1S/C13H16N2O4/c1-3-11(13(16)17)12(4-2)14-9-5-7-10(8-6-9)15(18)19/h5-8,11H,3-4H2,1-2H3,(H,16,17). The predicted molar refractivity (Wildman–Crippen MR) is 71.9 cm³/mol. The Kier molecular flexibility index (Phi) is 5.17. The van der Waals surface area contributed by atoms with Gasteiger partial charge in [0, 0.05) is 17.8 Å². The lowest BCUT2D eigenvalue weighted by atomic mass is 9.98. The minimum Gasteiger partial charge on any atom is -0.481 e. The Morgan fingerprint density at radius 2 is 1.95 bits per heavy atom. The fourth-order valence-electron chi connectivity index (χ4n) is 1.77. The van der Waals surface area contributed by atoms with Crippen molar-refractivity contribution in [3.63, 3.8) is 0 Å². The number of hydrogen-bond donors (Lipinski definition) is 1. The minimum atomic E-state index is -0.898. The number of carbonyl (C=O) groups is 1. The van der Waals surface area contributed by atoms with E-state index < -0.39 is 16.8 Å². The van der Waals surface area contributed by atoms with Crippen LogP contribution in [0.5, 0.6) is 0 Å². The van der Waals surface area contributed by atoms with Gasteiger partial charge in [0.15, 0.2) is 0 Å². The Labute approximate surface area is 110 Å². The first-order valence-corrected chi connectivity index (χ1v) is 6.04. The Morgan fingerprint density at radius 1 is 1.37 bits per heavy atom. The molecular formula is C13H16N2O4. The summed E-state index contributed by atoms with van der Waals surface area (Å²) in [7, 11) is 0. The fraction of sp³-hybridized carbons (Fsp3) is 0.385. The number of aliphatic imine (C=N–C) groups is 1. The lowest BCUT2D eigenvalue weighted by Crippen LogP contribution is -2.22. The molecule has 1 unspecified atom stereocenters. The highest BCUT2D eigenvalue weighted by Crippen LogP contribution is 2.20. The number of rotatable bonds is 6. The fourth-order valence-corrected chi connectivity index (χ4v) is 1.77. The van der Waals surface area contributed by atoms with Crippen molar-refractivity contribution in [2.24, 2.45) is 10.9 Å². The predicted octanol–water partition coefficient (Wildman–Crippen LogP) is 3.19. The van der Waals surface area contributed by atoms with E-state index in [1.54, 1.807) is 6.92 Å². The molecule has 0 fully saturated rings. The number of nitrogens with zero attached hydrogens (tertiary/aromatic N) is 2. The average Bonchev–Trinajstić information content (AvgIpc) is 2.38. The molecule has 0 spiro atoms. The molecule has 0 aliphatic rings. The molecule has 1 aromatic carbocycles. The van der Waals surface area contributed by atoms with Crippen LogP contribution in [0.1, 0.15) is 26.7 Å². The van der Waals surface area contributed by atoms with Crippen LogP contribution in [0.25, 0.3) is 0 Å². The van der Waals surface area contributed by atoms with Crippen LogP contribution in [0.3, 0.4) is 0 Å². The van der Waals surface area contributed by atoms with Gasteiger partial charge in [0.25, 0.3) is 5.69 Å². The van der Waals surface area contributed by atoms with Gasteiger partial charge < -0.3 is 5.11 Å². The van der Waals surface area contributed by atoms with E-state index in [1.807, 2.05) is 6.92 Å². The molecule has 0 aliphatic carbocycles. The summed E-state index contributed by atoms with van der Waals surface area (Å²) in [6.45, 7) is 3.63. The second-order valence-corrected chi connectivity index (χ2v) is 4.03. The number of nitro benzene ring substituents is 1. The van der Waals surface area contributed by atoms with Gasteiger partial charge in [-0.1, -0.05) is 13.8 Å². The van der Waals surface area contributed by atoms with Crippen molar-refractivity contribution in [1.29, 1.82) is 0 Å². The van der Waals surface area contributed by atoms with Crippen molar-refractivity contribution in [2.75, 3.05) is 0 Å². The van der Waals surface area contributed by atoms with Crippen LogP contribution in [0.2, 0.25) is 0 Å². The number of aliphatic carboxylic acids is 1. The largest absolute Gasteiger partial charge is 0.481 e. The molecule has 6 heteroatoms. The third-order valence-electron chi connectivity index (χ3n) is 2.80. The lowest BCUT2D eigenvalue weighted by molar-refractivity contribution is -0.384. The van der Waals surface area contributed by atoms with Crippen molar-refractivity contribution in [2.45, 2.75) is 26.7 Å². The zero-order valence-electron chi connectivity index (χ0n) is 10.9. The zero-order valence-corrected chi connectivity index (χ0v) is 10.9. The summed E-state index contributed by atoms with van der Waals surface area (Å²) in [4.78, 5) is 25.4. The van der Waals surface area contributed by atoms with Gasteiger partial charge in [0.05, 0.1) is 16.5 Å².